The molecule has 0 bridgehead atoms. The number of aromatic nitrogens is 3. The molecule has 146 valence electrons. The van der Waals surface area contributed by atoms with E-state index in [9.17, 15) is 4.79 Å². The smallest absolute Gasteiger partial charge is 0.237 e. The number of nitrogen functional groups attached to an aromatic ring is 1. The Morgan fingerprint density at radius 1 is 1.29 bits per heavy atom. The van der Waals surface area contributed by atoms with Gasteiger partial charge in [-0.05, 0) is 42.8 Å². The molecule has 9 heteroatoms. The second kappa shape index (κ2) is 8.99. The summed E-state index contributed by atoms with van der Waals surface area (Å²) in [6.45, 7) is 1.78. The van der Waals surface area contributed by atoms with Crippen LogP contribution in [0.15, 0.2) is 53.7 Å². The molecule has 3 N–H and O–H groups in total. The number of nitrogens with zero attached hydrogens (tertiary/aromatic N) is 3. The number of ether oxygens (including phenoxy) is 1. The van der Waals surface area contributed by atoms with E-state index < -0.39 is 5.25 Å². The molecule has 2 aromatic carbocycles. The maximum Gasteiger partial charge on any atom is 0.237 e. The first-order valence-corrected chi connectivity index (χ1v) is 9.77. The van der Waals surface area contributed by atoms with Crippen LogP contribution in [0, 0.1) is 0 Å². The lowest BCUT2D eigenvalue weighted by Gasteiger charge is -2.11. The summed E-state index contributed by atoms with van der Waals surface area (Å²) in [7, 11) is 1.62. The van der Waals surface area contributed by atoms with Crippen molar-refractivity contribution in [1.29, 1.82) is 0 Å². The standard InChI is InChI=1S/C19H20ClN5O2S/c1-12(18(26)22-15-5-3-4-14(20)11-15)28-19-24-23-17(25(19)21)10-13-6-8-16(27-2)9-7-13/h3-9,11-12H,10,21H2,1-2H3,(H,22,26)/t12-/m1/s1. The molecule has 1 aromatic heterocycles. The summed E-state index contributed by atoms with van der Waals surface area (Å²) in [6.07, 6.45) is 0.525. The van der Waals surface area contributed by atoms with E-state index in [0.717, 1.165) is 11.3 Å². The van der Waals surface area contributed by atoms with E-state index in [0.29, 0.717) is 28.1 Å². The van der Waals surface area contributed by atoms with Crippen molar-refractivity contribution in [2.75, 3.05) is 18.3 Å². The summed E-state index contributed by atoms with van der Waals surface area (Å²) in [5.74, 6) is 7.34. The SMILES string of the molecule is COc1ccc(Cc2nnc(S[C@H](C)C(=O)Nc3cccc(Cl)c3)n2N)cc1. The molecule has 3 aromatic rings. The van der Waals surface area contributed by atoms with Crippen LogP contribution in [0.3, 0.4) is 0 Å². The minimum atomic E-state index is -0.417. The number of nitrogens with one attached hydrogen (secondary N) is 1. The zero-order valence-corrected chi connectivity index (χ0v) is 17.0. The van der Waals surface area contributed by atoms with Gasteiger partial charge in [0.25, 0.3) is 0 Å². The van der Waals surface area contributed by atoms with E-state index in [1.807, 2.05) is 24.3 Å². The van der Waals surface area contributed by atoms with E-state index in [4.69, 9.17) is 22.2 Å². The van der Waals surface area contributed by atoms with Crippen LogP contribution in [-0.2, 0) is 11.2 Å². The van der Waals surface area contributed by atoms with Crippen molar-refractivity contribution in [3.63, 3.8) is 0 Å². The van der Waals surface area contributed by atoms with Gasteiger partial charge in [-0.3, -0.25) is 4.79 Å². The maximum atomic E-state index is 12.4. The third kappa shape index (κ3) is 4.96. The molecule has 0 fully saturated rings. The summed E-state index contributed by atoms with van der Waals surface area (Å²) >= 11 is 7.18. The van der Waals surface area contributed by atoms with Crippen LogP contribution in [0.4, 0.5) is 5.69 Å². The zero-order chi connectivity index (χ0) is 20.1. The average molecular weight is 418 g/mol. The number of methoxy groups -OCH3 is 1. The Kier molecular flexibility index (Phi) is 6.43. The van der Waals surface area contributed by atoms with Crippen molar-refractivity contribution < 1.29 is 9.53 Å². The molecule has 3 rings (SSSR count). The largest absolute Gasteiger partial charge is 0.497 e. The summed E-state index contributed by atoms with van der Waals surface area (Å²) in [5, 5.41) is 11.7. The molecule has 0 unspecified atom stereocenters. The third-order valence-electron chi connectivity index (χ3n) is 4.00. The van der Waals surface area contributed by atoms with E-state index in [1.165, 1.54) is 16.4 Å². The lowest BCUT2D eigenvalue weighted by Crippen LogP contribution is -2.24. The average Bonchev–Trinajstić information content (AvgIpc) is 3.02. The monoisotopic (exact) mass is 417 g/mol. The number of rotatable bonds is 7. The molecule has 0 radical (unpaired) electrons. The summed E-state index contributed by atoms with van der Waals surface area (Å²) in [4.78, 5) is 12.4. The molecule has 0 saturated carbocycles. The van der Waals surface area contributed by atoms with E-state index in [-0.39, 0.29) is 5.91 Å². The number of anilines is 1. The highest BCUT2D eigenvalue weighted by Gasteiger charge is 2.19. The van der Waals surface area contributed by atoms with Crippen LogP contribution >= 0.6 is 23.4 Å². The molecule has 0 aliphatic carbocycles. The Morgan fingerprint density at radius 2 is 2.04 bits per heavy atom. The summed E-state index contributed by atoms with van der Waals surface area (Å²) < 4.78 is 6.57. The van der Waals surface area contributed by atoms with Crippen molar-refractivity contribution in [3.05, 3.63) is 64.9 Å². The number of hydrogen-bond donors (Lipinski definition) is 2. The van der Waals surface area contributed by atoms with Gasteiger partial charge in [-0.1, -0.05) is 41.6 Å². The molecule has 1 amide bonds. The molecule has 28 heavy (non-hydrogen) atoms. The maximum absolute atomic E-state index is 12.4. The first kappa shape index (κ1) is 20.0. The lowest BCUT2D eigenvalue weighted by atomic mass is 10.1. The molecule has 1 atom stereocenters. The Bertz CT molecular complexity index is 961. The minimum Gasteiger partial charge on any atom is -0.497 e. The molecule has 0 spiro atoms. The molecular formula is C19H20ClN5O2S. The third-order valence-corrected chi connectivity index (χ3v) is 5.29. The van der Waals surface area contributed by atoms with Crippen molar-refractivity contribution in [3.8, 4) is 5.75 Å². The Balaban J connectivity index is 1.63. The van der Waals surface area contributed by atoms with Crippen LogP contribution in [0.25, 0.3) is 0 Å². The zero-order valence-electron chi connectivity index (χ0n) is 15.4. The van der Waals surface area contributed by atoms with Gasteiger partial charge >= 0.3 is 0 Å². The minimum absolute atomic E-state index is 0.174. The number of nitrogens with two attached hydrogens (primary N) is 1. The van der Waals surface area contributed by atoms with Gasteiger partial charge in [-0.15, -0.1) is 10.2 Å². The van der Waals surface area contributed by atoms with Crippen molar-refractivity contribution in [2.24, 2.45) is 0 Å². The Labute approximate surface area is 172 Å². The van der Waals surface area contributed by atoms with Gasteiger partial charge in [-0.25, -0.2) is 4.68 Å². The predicted molar refractivity (Wildman–Crippen MR) is 111 cm³/mol. The first-order valence-electron chi connectivity index (χ1n) is 8.51. The number of benzene rings is 2. The number of carbonyl (C=O) groups is 1. The van der Waals surface area contributed by atoms with Crippen molar-refractivity contribution in [2.45, 2.75) is 23.8 Å². The number of thioether (sulfide) groups is 1. The summed E-state index contributed by atoms with van der Waals surface area (Å²) in [5.41, 5.74) is 1.67. The fraction of sp³-hybridized carbons (Fsp3) is 0.211. The predicted octanol–water partition coefficient (Wildman–Crippen LogP) is 3.36. The number of carbonyl (C=O) groups excluding carboxylic acids is 1. The van der Waals surface area contributed by atoms with Gasteiger partial charge in [-0.2, -0.15) is 0 Å². The first-order chi connectivity index (χ1) is 13.5. The Morgan fingerprint density at radius 3 is 2.71 bits per heavy atom. The van der Waals surface area contributed by atoms with Gasteiger partial charge in [0.1, 0.15) is 5.75 Å². The second-order valence-corrected chi connectivity index (χ2v) is 7.80. The van der Waals surface area contributed by atoms with Crippen LogP contribution in [0.5, 0.6) is 5.75 Å². The molecule has 0 aliphatic heterocycles. The molecule has 0 aliphatic rings. The van der Waals surface area contributed by atoms with Crippen LogP contribution < -0.4 is 15.9 Å². The van der Waals surface area contributed by atoms with Gasteiger partial charge in [0.15, 0.2) is 5.82 Å². The van der Waals surface area contributed by atoms with Crippen LogP contribution in [0.1, 0.15) is 18.3 Å². The number of halogens is 1. The van der Waals surface area contributed by atoms with Crippen LogP contribution in [0.2, 0.25) is 5.02 Å². The number of amides is 1. The highest BCUT2D eigenvalue weighted by atomic mass is 35.5. The highest BCUT2D eigenvalue weighted by molar-refractivity contribution is 8.00. The molecule has 7 nitrogen and oxygen atoms in total. The Hall–Kier alpha value is -2.71. The van der Waals surface area contributed by atoms with E-state index in [2.05, 4.69) is 15.5 Å². The van der Waals surface area contributed by atoms with Crippen molar-refractivity contribution in [1.82, 2.24) is 14.9 Å². The van der Waals surface area contributed by atoms with E-state index >= 15 is 0 Å². The topological polar surface area (TPSA) is 95.1 Å². The molecule has 1 heterocycles. The quantitative estimate of drug-likeness (QED) is 0.452. The van der Waals surface area contributed by atoms with Gasteiger partial charge in [0.2, 0.25) is 11.1 Å². The van der Waals surface area contributed by atoms with Gasteiger partial charge in [0.05, 0.1) is 12.4 Å². The van der Waals surface area contributed by atoms with Crippen LogP contribution in [-0.4, -0.2) is 33.1 Å². The van der Waals surface area contributed by atoms with E-state index in [1.54, 1.807) is 38.3 Å². The normalized spacial score (nSPS) is 11.8. The second-order valence-electron chi connectivity index (χ2n) is 6.05. The van der Waals surface area contributed by atoms with Gasteiger partial charge < -0.3 is 15.9 Å². The number of hydrogen-bond acceptors (Lipinski definition) is 6. The molecule has 0 saturated heterocycles. The fourth-order valence-corrected chi connectivity index (χ4v) is 3.44. The van der Waals surface area contributed by atoms with Crippen molar-refractivity contribution >= 4 is 35.0 Å². The summed E-state index contributed by atoms with van der Waals surface area (Å²) in [6, 6.07) is 14.6. The molecular weight excluding hydrogens is 398 g/mol. The van der Waals surface area contributed by atoms with Gasteiger partial charge in [0, 0.05) is 17.1 Å². The highest BCUT2D eigenvalue weighted by Crippen LogP contribution is 2.23. The fourth-order valence-electron chi connectivity index (χ4n) is 2.46. The lowest BCUT2D eigenvalue weighted by molar-refractivity contribution is -0.115.